The van der Waals surface area contributed by atoms with Crippen LogP contribution in [-0.2, 0) is 6.54 Å². The minimum atomic E-state index is 0.641. The van der Waals surface area contributed by atoms with Gasteiger partial charge in [-0.3, -0.25) is 4.98 Å². The molecule has 72 valence electrons. The van der Waals surface area contributed by atoms with Crippen molar-refractivity contribution in [2.24, 2.45) is 0 Å². The fourth-order valence-electron chi connectivity index (χ4n) is 1.17. The van der Waals surface area contributed by atoms with Crippen LogP contribution in [0.2, 0.25) is 0 Å². The summed E-state index contributed by atoms with van der Waals surface area (Å²) in [5.41, 5.74) is 1.97. The van der Waals surface area contributed by atoms with Crippen LogP contribution in [0.1, 0.15) is 11.4 Å². The summed E-state index contributed by atoms with van der Waals surface area (Å²) in [6.45, 7) is 2.61. The molecule has 5 heteroatoms. The lowest BCUT2D eigenvalue weighted by molar-refractivity contribution is 0.635. The molecule has 2 rings (SSSR count). The Balaban J connectivity index is 2.28. The molecule has 2 aromatic rings. The van der Waals surface area contributed by atoms with Gasteiger partial charge in [0, 0.05) is 16.4 Å². The van der Waals surface area contributed by atoms with Crippen LogP contribution in [0.5, 0.6) is 0 Å². The number of aryl methyl sites for hydroxylation is 1. The molecule has 0 aliphatic rings. The zero-order valence-electron chi connectivity index (χ0n) is 7.68. The third kappa shape index (κ3) is 1.98. The Kier molecular flexibility index (Phi) is 2.58. The molecule has 0 spiro atoms. The largest absolute Gasteiger partial charge is 0.255 e. The number of rotatable bonds is 2. The number of halogens is 1. The Labute approximate surface area is 90.1 Å². The van der Waals surface area contributed by atoms with Gasteiger partial charge in [-0.15, -0.1) is 5.10 Å². The lowest BCUT2D eigenvalue weighted by Crippen LogP contribution is -2.04. The van der Waals surface area contributed by atoms with E-state index in [2.05, 4.69) is 31.2 Å². The molecular weight excluding hydrogens is 244 g/mol. The van der Waals surface area contributed by atoms with E-state index in [-0.39, 0.29) is 0 Å². The summed E-state index contributed by atoms with van der Waals surface area (Å²) in [5.74, 6) is 0. The predicted octanol–water partition coefficient (Wildman–Crippen LogP) is 1.79. The first-order chi connectivity index (χ1) is 6.75. The third-order valence-corrected chi connectivity index (χ3v) is 2.56. The van der Waals surface area contributed by atoms with Crippen molar-refractivity contribution in [1.29, 1.82) is 0 Å². The predicted molar refractivity (Wildman–Crippen MR) is 55.8 cm³/mol. The van der Waals surface area contributed by atoms with E-state index in [1.807, 2.05) is 25.3 Å². The summed E-state index contributed by atoms with van der Waals surface area (Å²) in [6, 6.07) is 3.96. The molecule has 0 saturated carbocycles. The average Bonchev–Trinajstić information content (AvgIpc) is 2.64. The number of nitrogens with zero attached hydrogens (tertiary/aromatic N) is 4. The van der Waals surface area contributed by atoms with Gasteiger partial charge < -0.3 is 0 Å². The van der Waals surface area contributed by atoms with Gasteiger partial charge in [0.05, 0.1) is 18.4 Å². The molecule has 0 aliphatic carbocycles. The lowest BCUT2D eigenvalue weighted by Gasteiger charge is -2.03. The van der Waals surface area contributed by atoms with Crippen LogP contribution < -0.4 is 0 Å². The second kappa shape index (κ2) is 3.88. The highest BCUT2D eigenvalue weighted by atomic mass is 79.9. The maximum atomic E-state index is 4.41. The lowest BCUT2D eigenvalue weighted by atomic mass is 10.3. The van der Waals surface area contributed by atoms with Gasteiger partial charge >= 0.3 is 0 Å². The molecule has 0 aliphatic heterocycles. The number of hydrogen-bond acceptors (Lipinski definition) is 3. The van der Waals surface area contributed by atoms with Crippen molar-refractivity contribution in [1.82, 2.24) is 20.0 Å². The average molecular weight is 253 g/mol. The molecule has 0 atom stereocenters. The summed E-state index contributed by atoms with van der Waals surface area (Å²) < 4.78 is 2.74. The summed E-state index contributed by atoms with van der Waals surface area (Å²) in [4.78, 5) is 4.41. The fourth-order valence-corrected chi connectivity index (χ4v) is 1.52. The van der Waals surface area contributed by atoms with Gasteiger partial charge in [-0.2, -0.15) is 0 Å². The zero-order chi connectivity index (χ0) is 9.97. The van der Waals surface area contributed by atoms with Gasteiger partial charge in [-0.05, 0) is 35.0 Å². The molecule has 0 amide bonds. The highest BCUT2D eigenvalue weighted by Crippen LogP contribution is 2.15. The normalized spacial score (nSPS) is 10.4. The molecule has 4 nitrogen and oxygen atoms in total. The highest BCUT2D eigenvalue weighted by molar-refractivity contribution is 9.10. The van der Waals surface area contributed by atoms with Crippen LogP contribution in [0.15, 0.2) is 29.0 Å². The van der Waals surface area contributed by atoms with E-state index in [1.165, 1.54) is 0 Å². The van der Waals surface area contributed by atoms with Crippen molar-refractivity contribution in [3.05, 3.63) is 40.4 Å². The topological polar surface area (TPSA) is 43.6 Å². The van der Waals surface area contributed by atoms with Crippen LogP contribution in [0, 0.1) is 6.92 Å². The Hall–Kier alpha value is -1.23. The van der Waals surface area contributed by atoms with Crippen molar-refractivity contribution < 1.29 is 0 Å². The summed E-state index contributed by atoms with van der Waals surface area (Å²) >= 11 is 3.45. The van der Waals surface area contributed by atoms with E-state index >= 15 is 0 Å². The van der Waals surface area contributed by atoms with Gasteiger partial charge in [0.25, 0.3) is 0 Å². The van der Waals surface area contributed by atoms with Crippen molar-refractivity contribution in [2.75, 3.05) is 0 Å². The number of pyridine rings is 1. The van der Waals surface area contributed by atoms with E-state index in [0.717, 1.165) is 15.9 Å². The Morgan fingerprint density at radius 2 is 2.29 bits per heavy atom. The van der Waals surface area contributed by atoms with Crippen molar-refractivity contribution in [3.63, 3.8) is 0 Å². The van der Waals surface area contributed by atoms with Crippen molar-refractivity contribution >= 4 is 15.9 Å². The van der Waals surface area contributed by atoms with E-state index in [4.69, 9.17) is 0 Å². The first kappa shape index (κ1) is 9.33. The van der Waals surface area contributed by atoms with Crippen LogP contribution in [0.25, 0.3) is 0 Å². The minimum Gasteiger partial charge on any atom is -0.255 e. The Morgan fingerprint density at radius 3 is 3.00 bits per heavy atom. The van der Waals surface area contributed by atoms with Gasteiger partial charge in [0.15, 0.2) is 0 Å². The van der Waals surface area contributed by atoms with Gasteiger partial charge in [0.2, 0.25) is 0 Å². The van der Waals surface area contributed by atoms with Gasteiger partial charge in [-0.1, -0.05) is 5.21 Å². The maximum Gasteiger partial charge on any atom is 0.0860 e. The monoisotopic (exact) mass is 252 g/mol. The fraction of sp³-hybridized carbons (Fsp3) is 0.222. The number of aromatic nitrogens is 4. The quantitative estimate of drug-likeness (QED) is 0.819. The van der Waals surface area contributed by atoms with E-state index in [0.29, 0.717) is 6.54 Å². The summed E-state index contributed by atoms with van der Waals surface area (Å²) in [6.07, 6.45) is 3.47. The molecular formula is C9H9BrN4. The van der Waals surface area contributed by atoms with Gasteiger partial charge in [-0.25, -0.2) is 4.68 Å². The molecule has 0 fully saturated rings. The first-order valence-corrected chi connectivity index (χ1v) is 5.01. The molecule has 0 saturated heterocycles. The number of hydrogen-bond donors (Lipinski definition) is 0. The molecule has 2 heterocycles. The Bertz CT molecular complexity index is 424. The first-order valence-electron chi connectivity index (χ1n) is 4.22. The zero-order valence-corrected chi connectivity index (χ0v) is 9.27. The van der Waals surface area contributed by atoms with Crippen LogP contribution >= 0.6 is 15.9 Å². The van der Waals surface area contributed by atoms with Crippen LogP contribution in [0.4, 0.5) is 0 Å². The molecule has 14 heavy (non-hydrogen) atoms. The molecule has 0 bridgehead atoms. The highest BCUT2D eigenvalue weighted by Gasteiger charge is 2.02. The summed E-state index contributed by atoms with van der Waals surface area (Å²) in [5, 5.41) is 7.63. The molecule has 0 unspecified atom stereocenters. The van der Waals surface area contributed by atoms with E-state index in [9.17, 15) is 0 Å². The second-order valence-corrected chi connectivity index (χ2v) is 3.84. The van der Waals surface area contributed by atoms with Crippen LogP contribution in [-0.4, -0.2) is 20.0 Å². The minimum absolute atomic E-state index is 0.641. The SMILES string of the molecule is Cc1ccc(Br)c(Cn2ccnn2)n1. The molecule has 0 N–H and O–H groups in total. The van der Waals surface area contributed by atoms with E-state index < -0.39 is 0 Å². The molecule has 0 aromatic carbocycles. The van der Waals surface area contributed by atoms with Crippen molar-refractivity contribution in [3.8, 4) is 0 Å². The maximum absolute atomic E-state index is 4.41. The molecule has 2 aromatic heterocycles. The smallest absolute Gasteiger partial charge is 0.0860 e. The molecule has 0 radical (unpaired) electrons. The Morgan fingerprint density at radius 1 is 1.43 bits per heavy atom. The second-order valence-electron chi connectivity index (χ2n) is 2.98. The third-order valence-electron chi connectivity index (χ3n) is 1.84. The van der Waals surface area contributed by atoms with E-state index in [1.54, 1.807) is 10.9 Å². The van der Waals surface area contributed by atoms with Gasteiger partial charge in [0.1, 0.15) is 0 Å². The summed E-state index contributed by atoms with van der Waals surface area (Å²) in [7, 11) is 0. The van der Waals surface area contributed by atoms with Crippen LogP contribution in [0.3, 0.4) is 0 Å². The standard InChI is InChI=1S/C9H9BrN4/c1-7-2-3-8(10)9(12-7)6-14-5-4-11-13-14/h2-5H,6H2,1H3. The van der Waals surface area contributed by atoms with Crippen molar-refractivity contribution in [2.45, 2.75) is 13.5 Å².